The zero-order chi connectivity index (χ0) is 14.6. The lowest BCUT2D eigenvalue weighted by molar-refractivity contribution is 0.394. The van der Waals surface area contributed by atoms with E-state index in [1.54, 1.807) is 7.11 Å². The van der Waals surface area contributed by atoms with Crippen LogP contribution in [-0.2, 0) is 0 Å². The first-order valence-electron chi connectivity index (χ1n) is 7.41. The summed E-state index contributed by atoms with van der Waals surface area (Å²) in [6, 6.07) is 8.06. The van der Waals surface area contributed by atoms with Crippen molar-refractivity contribution in [3.8, 4) is 5.75 Å². The van der Waals surface area contributed by atoms with Gasteiger partial charge in [0.15, 0.2) is 5.96 Å². The molecule has 1 unspecified atom stereocenters. The van der Waals surface area contributed by atoms with Crippen LogP contribution in [0, 0.1) is 0 Å². The summed E-state index contributed by atoms with van der Waals surface area (Å²) in [4.78, 5) is 6.71. The molecule has 0 radical (unpaired) electrons. The van der Waals surface area contributed by atoms with Crippen LogP contribution >= 0.6 is 0 Å². The lowest BCUT2D eigenvalue weighted by Gasteiger charge is -2.39. The number of benzene rings is 1. The second kappa shape index (κ2) is 6.16. The molecule has 0 amide bonds. The summed E-state index contributed by atoms with van der Waals surface area (Å²) in [5, 5.41) is 0. The zero-order valence-corrected chi connectivity index (χ0v) is 12.7. The SMILES string of the molecule is CCCCC1(CC)CN=C(N)N1c1ccc(OC)cc1. The second-order valence-electron chi connectivity index (χ2n) is 5.39. The molecule has 0 saturated carbocycles. The highest BCUT2D eigenvalue weighted by molar-refractivity contribution is 5.98. The Balaban J connectivity index is 2.30. The van der Waals surface area contributed by atoms with Crippen LogP contribution in [0.1, 0.15) is 39.5 Å². The Labute approximate surface area is 121 Å². The lowest BCUT2D eigenvalue weighted by Crippen LogP contribution is -2.51. The van der Waals surface area contributed by atoms with E-state index >= 15 is 0 Å². The number of rotatable bonds is 6. The van der Waals surface area contributed by atoms with E-state index in [1.807, 2.05) is 12.1 Å². The van der Waals surface area contributed by atoms with E-state index in [2.05, 4.69) is 35.9 Å². The maximum absolute atomic E-state index is 6.15. The van der Waals surface area contributed by atoms with Gasteiger partial charge in [0.05, 0.1) is 19.2 Å². The number of methoxy groups -OCH3 is 1. The number of nitrogens with zero attached hydrogens (tertiary/aromatic N) is 2. The van der Waals surface area contributed by atoms with E-state index < -0.39 is 0 Å². The molecule has 110 valence electrons. The Kier molecular flexibility index (Phi) is 4.53. The zero-order valence-electron chi connectivity index (χ0n) is 12.7. The standard InChI is InChI=1S/C16H25N3O/c1-4-6-11-16(5-2)12-18-15(17)19(16)13-7-9-14(20-3)10-8-13/h7-10H,4-6,11-12H2,1-3H3,(H2,17,18). The van der Waals surface area contributed by atoms with Gasteiger partial charge in [0.2, 0.25) is 0 Å². The molecule has 1 aliphatic heterocycles. The molecule has 4 heteroatoms. The molecular weight excluding hydrogens is 250 g/mol. The number of hydrogen-bond acceptors (Lipinski definition) is 4. The highest BCUT2D eigenvalue weighted by atomic mass is 16.5. The van der Waals surface area contributed by atoms with Crippen LogP contribution in [0.25, 0.3) is 0 Å². The molecule has 0 aromatic heterocycles. The molecule has 0 saturated heterocycles. The largest absolute Gasteiger partial charge is 0.497 e. The van der Waals surface area contributed by atoms with Crippen LogP contribution in [0.15, 0.2) is 29.3 Å². The Morgan fingerprint density at radius 3 is 2.55 bits per heavy atom. The minimum Gasteiger partial charge on any atom is -0.497 e. The van der Waals surface area contributed by atoms with Gasteiger partial charge in [-0.05, 0) is 37.1 Å². The third-order valence-corrected chi connectivity index (χ3v) is 4.22. The van der Waals surface area contributed by atoms with Crippen LogP contribution in [0.4, 0.5) is 5.69 Å². The predicted molar refractivity (Wildman–Crippen MR) is 84.5 cm³/mol. The van der Waals surface area contributed by atoms with Gasteiger partial charge in [0, 0.05) is 5.69 Å². The maximum Gasteiger partial charge on any atom is 0.196 e. The lowest BCUT2D eigenvalue weighted by atomic mass is 9.88. The van der Waals surface area contributed by atoms with E-state index in [9.17, 15) is 0 Å². The van der Waals surface area contributed by atoms with Crippen LogP contribution in [0.5, 0.6) is 5.75 Å². The van der Waals surface area contributed by atoms with Crippen LogP contribution in [0.2, 0.25) is 0 Å². The van der Waals surface area contributed by atoms with Crippen LogP contribution in [0.3, 0.4) is 0 Å². The average molecular weight is 275 g/mol. The maximum atomic E-state index is 6.15. The summed E-state index contributed by atoms with van der Waals surface area (Å²) in [6.45, 7) is 5.24. The monoisotopic (exact) mass is 275 g/mol. The van der Waals surface area contributed by atoms with Gasteiger partial charge in [0.25, 0.3) is 0 Å². The first-order valence-corrected chi connectivity index (χ1v) is 7.41. The van der Waals surface area contributed by atoms with Gasteiger partial charge in [-0.25, -0.2) is 0 Å². The number of hydrogen-bond donors (Lipinski definition) is 1. The van der Waals surface area contributed by atoms with E-state index in [0.717, 1.165) is 30.8 Å². The topological polar surface area (TPSA) is 50.8 Å². The Hall–Kier alpha value is -1.71. The van der Waals surface area contributed by atoms with E-state index in [-0.39, 0.29) is 5.54 Å². The van der Waals surface area contributed by atoms with Crippen molar-refractivity contribution in [2.75, 3.05) is 18.6 Å². The molecular formula is C16H25N3O. The van der Waals surface area contributed by atoms with Crippen molar-refractivity contribution < 1.29 is 4.74 Å². The van der Waals surface area contributed by atoms with Crippen molar-refractivity contribution in [1.82, 2.24) is 0 Å². The fourth-order valence-corrected chi connectivity index (χ4v) is 2.89. The van der Waals surface area contributed by atoms with Gasteiger partial charge in [-0.2, -0.15) is 0 Å². The van der Waals surface area contributed by atoms with E-state index in [0.29, 0.717) is 5.96 Å². The van der Waals surface area contributed by atoms with E-state index in [1.165, 1.54) is 12.8 Å². The minimum atomic E-state index is 0.0364. The summed E-state index contributed by atoms with van der Waals surface area (Å²) in [6.07, 6.45) is 4.56. The summed E-state index contributed by atoms with van der Waals surface area (Å²) in [5.41, 5.74) is 7.29. The van der Waals surface area contributed by atoms with Crippen LogP contribution in [-0.4, -0.2) is 25.2 Å². The molecule has 4 nitrogen and oxygen atoms in total. The number of unbranched alkanes of at least 4 members (excludes halogenated alkanes) is 1. The number of nitrogens with two attached hydrogens (primary N) is 1. The molecule has 0 fully saturated rings. The van der Waals surface area contributed by atoms with E-state index in [4.69, 9.17) is 10.5 Å². The Bertz CT molecular complexity index is 469. The molecule has 1 aromatic rings. The first-order chi connectivity index (χ1) is 9.66. The van der Waals surface area contributed by atoms with Crippen molar-refractivity contribution in [2.45, 2.75) is 45.1 Å². The van der Waals surface area contributed by atoms with Gasteiger partial charge in [0.1, 0.15) is 5.75 Å². The molecule has 1 aliphatic rings. The van der Waals surface area contributed by atoms with Gasteiger partial charge >= 0.3 is 0 Å². The normalized spacial score (nSPS) is 21.9. The van der Waals surface area contributed by atoms with Gasteiger partial charge in [-0.1, -0.05) is 26.7 Å². The molecule has 20 heavy (non-hydrogen) atoms. The third kappa shape index (κ3) is 2.60. The summed E-state index contributed by atoms with van der Waals surface area (Å²) in [7, 11) is 1.68. The minimum absolute atomic E-state index is 0.0364. The smallest absolute Gasteiger partial charge is 0.196 e. The van der Waals surface area contributed by atoms with Crippen molar-refractivity contribution in [1.29, 1.82) is 0 Å². The van der Waals surface area contributed by atoms with Gasteiger partial charge in [-0.3, -0.25) is 4.99 Å². The van der Waals surface area contributed by atoms with Crippen molar-refractivity contribution in [3.05, 3.63) is 24.3 Å². The number of guanidine groups is 1. The highest BCUT2D eigenvalue weighted by Gasteiger charge is 2.40. The number of ether oxygens (including phenoxy) is 1. The summed E-state index contributed by atoms with van der Waals surface area (Å²) < 4.78 is 5.22. The van der Waals surface area contributed by atoms with Crippen molar-refractivity contribution in [2.24, 2.45) is 10.7 Å². The summed E-state index contributed by atoms with van der Waals surface area (Å²) >= 11 is 0. The highest BCUT2D eigenvalue weighted by Crippen LogP contribution is 2.35. The molecule has 0 spiro atoms. The van der Waals surface area contributed by atoms with Crippen molar-refractivity contribution >= 4 is 11.6 Å². The van der Waals surface area contributed by atoms with Gasteiger partial charge in [-0.15, -0.1) is 0 Å². The van der Waals surface area contributed by atoms with Gasteiger partial charge < -0.3 is 15.4 Å². The first kappa shape index (κ1) is 14.7. The fraction of sp³-hybridized carbons (Fsp3) is 0.562. The molecule has 0 bridgehead atoms. The van der Waals surface area contributed by atoms with Crippen molar-refractivity contribution in [3.63, 3.8) is 0 Å². The molecule has 1 atom stereocenters. The number of aliphatic imine (C=N–C) groups is 1. The Morgan fingerprint density at radius 1 is 1.30 bits per heavy atom. The molecule has 1 heterocycles. The second-order valence-corrected chi connectivity index (χ2v) is 5.39. The summed E-state index contributed by atoms with van der Waals surface area (Å²) in [5.74, 6) is 1.49. The quantitative estimate of drug-likeness (QED) is 0.867. The molecule has 2 N–H and O–H groups in total. The number of anilines is 1. The average Bonchev–Trinajstić information content (AvgIpc) is 2.83. The predicted octanol–water partition coefficient (Wildman–Crippen LogP) is 3.17. The molecule has 2 rings (SSSR count). The fourth-order valence-electron chi connectivity index (χ4n) is 2.89. The molecule has 1 aromatic carbocycles. The van der Waals surface area contributed by atoms with Crippen LogP contribution < -0.4 is 15.4 Å². The molecule has 0 aliphatic carbocycles. The Morgan fingerprint density at radius 2 is 2.00 bits per heavy atom. The third-order valence-electron chi connectivity index (χ3n) is 4.22.